The fraction of sp³-hybridized carbons (Fsp3) is 0.312. The van der Waals surface area contributed by atoms with E-state index in [1.165, 1.54) is 11.1 Å². The topological polar surface area (TPSA) is 48.1 Å². The van der Waals surface area contributed by atoms with Gasteiger partial charge in [-0.1, -0.05) is 18.2 Å². The minimum Gasteiger partial charge on any atom is -0.493 e. The number of nitrogens with two attached hydrogens (primary N) is 1. The lowest BCUT2D eigenvalue weighted by Gasteiger charge is -2.09. The maximum absolute atomic E-state index is 5.80. The molecule has 0 bridgehead atoms. The van der Waals surface area contributed by atoms with Crippen LogP contribution in [0, 0.1) is 0 Å². The van der Waals surface area contributed by atoms with Crippen molar-refractivity contribution >= 4 is 0 Å². The summed E-state index contributed by atoms with van der Waals surface area (Å²) in [4.78, 5) is 4.09. The Labute approximate surface area is 114 Å². The monoisotopic (exact) mass is 256 g/mol. The van der Waals surface area contributed by atoms with Crippen LogP contribution < -0.4 is 10.5 Å². The van der Waals surface area contributed by atoms with Gasteiger partial charge in [0.25, 0.3) is 0 Å². The van der Waals surface area contributed by atoms with Gasteiger partial charge in [-0.05, 0) is 42.7 Å². The fourth-order valence-electron chi connectivity index (χ4n) is 1.97. The molecule has 2 rings (SSSR count). The molecule has 0 aliphatic heterocycles. The van der Waals surface area contributed by atoms with Crippen LogP contribution >= 0.6 is 0 Å². The van der Waals surface area contributed by atoms with Gasteiger partial charge in [0.2, 0.25) is 0 Å². The van der Waals surface area contributed by atoms with Crippen LogP contribution in [-0.4, -0.2) is 17.6 Å². The number of ether oxygens (including phenoxy) is 1. The summed E-state index contributed by atoms with van der Waals surface area (Å²) in [6.07, 6.45) is 5.39. The Balaban J connectivity index is 1.86. The number of aromatic nitrogens is 1. The van der Waals surface area contributed by atoms with E-state index in [0.29, 0.717) is 6.61 Å². The SMILES string of the molecule is CC(N)Cc1cccc(OCCc2cccnc2)c1. The first kappa shape index (κ1) is 13.6. The third kappa shape index (κ3) is 4.72. The Morgan fingerprint density at radius 1 is 1.21 bits per heavy atom. The summed E-state index contributed by atoms with van der Waals surface area (Å²) in [6.45, 7) is 2.67. The van der Waals surface area contributed by atoms with Crippen LogP contribution in [0.5, 0.6) is 5.75 Å². The van der Waals surface area contributed by atoms with Crippen LogP contribution in [-0.2, 0) is 12.8 Å². The minimum atomic E-state index is 0.172. The standard InChI is InChI=1S/C16H20N2O/c1-13(17)10-15-4-2-6-16(11-15)19-9-7-14-5-3-8-18-12-14/h2-6,8,11-13H,7,9-10,17H2,1H3. The lowest BCUT2D eigenvalue weighted by molar-refractivity contribution is 0.321. The Morgan fingerprint density at radius 2 is 2.05 bits per heavy atom. The van der Waals surface area contributed by atoms with Crippen LogP contribution in [0.2, 0.25) is 0 Å². The Kier molecular flexibility index (Phi) is 4.93. The van der Waals surface area contributed by atoms with Crippen molar-refractivity contribution in [3.05, 3.63) is 59.9 Å². The van der Waals surface area contributed by atoms with Crippen molar-refractivity contribution in [3.63, 3.8) is 0 Å². The average Bonchev–Trinajstić information content (AvgIpc) is 2.40. The first-order chi connectivity index (χ1) is 9.24. The highest BCUT2D eigenvalue weighted by molar-refractivity contribution is 5.29. The molecular formula is C16H20N2O. The van der Waals surface area contributed by atoms with Crippen LogP contribution in [0.4, 0.5) is 0 Å². The van der Waals surface area contributed by atoms with Gasteiger partial charge in [-0.25, -0.2) is 0 Å². The zero-order valence-corrected chi connectivity index (χ0v) is 11.3. The smallest absolute Gasteiger partial charge is 0.119 e. The summed E-state index contributed by atoms with van der Waals surface area (Å²) in [6, 6.07) is 12.3. The maximum atomic E-state index is 5.80. The van der Waals surface area contributed by atoms with Gasteiger partial charge < -0.3 is 10.5 Å². The number of benzene rings is 1. The molecule has 0 radical (unpaired) electrons. The van der Waals surface area contributed by atoms with E-state index in [-0.39, 0.29) is 6.04 Å². The van der Waals surface area contributed by atoms with Crippen molar-refractivity contribution in [1.82, 2.24) is 4.98 Å². The number of nitrogens with zero attached hydrogens (tertiary/aromatic N) is 1. The molecule has 100 valence electrons. The zero-order valence-electron chi connectivity index (χ0n) is 11.3. The second kappa shape index (κ2) is 6.90. The van der Waals surface area contributed by atoms with Gasteiger partial charge in [-0.3, -0.25) is 4.98 Å². The summed E-state index contributed by atoms with van der Waals surface area (Å²) in [5, 5.41) is 0. The second-order valence-electron chi connectivity index (χ2n) is 4.79. The van der Waals surface area contributed by atoms with Crippen LogP contribution in [0.1, 0.15) is 18.1 Å². The number of rotatable bonds is 6. The van der Waals surface area contributed by atoms with E-state index >= 15 is 0 Å². The van der Waals surface area contributed by atoms with E-state index in [4.69, 9.17) is 10.5 Å². The third-order valence-corrected chi connectivity index (χ3v) is 2.84. The summed E-state index contributed by atoms with van der Waals surface area (Å²) in [7, 11) is 0. The normalized spacial score (nSPS) is 12.1. The molecule has 0 fully saturated rings. The van der Waals surface area contributed by atoms with E-state index in [2.05, 4.69) is 23.2 Å². The van der Waals surface area contributed by atoms with E-state index in [9.17, 15) is 0 Å². The van der Waals surface area contributed by atoms with E-state index in [1.54, 1.807) is 6.20 Å². The molecule has 0 saturated carbocycles. The predicted octanol–water partition coefficient (Wildman–Crippen LogP) is 2.59. The summed E-state index contributed by atoms with van der Waals surface area (Å²) in [5.41, 5.74) is 8.21. The Hall–Kier alpha value is -1.87. The molecule has 19 heavy (non-hydrogen) atoms. The minimum absolute atomic E-state index is 0.172. The van der Waals surface area contributed by atoms with Gasteiger partial charge in [0, 0.05) is 24.9 Å². The van der Waals surface area contributed by atoms with Crippen molar-refractivity contribution in [2.45, 2.75) is 25.8 Å². The van der Waals surface area contributed by atoms with Crippen molar-refractivity contribution in [2.75, 3.05) is 6.61 Å². The molecule has 1 heterocycles. The molecule has 1 atom stereocenters. The van der Waals surface area contributed by atoms with Crippen LogP contribution in [0.15, 0.2) is 48.8 Å². The van der Waals surface area contributed by atoms with Gasteiger partial charge in [-0.15, -0.1) is 0 Å². The van der Waals surface area contributed by atoms with Crippen molar-refractivity contribution in [3.8, 4) is 5.75 Å². The molecule has 2 N–H and O–H groups in total. The molecule has 3 nitrogen and oxygen atoms in total. The van der Waals surface area contributed by atoms with Gasteiger partial charge in [0.15, 0.2) is 0 Å². The molecule has 1 aromatic heterocycles. The van der Waals surface area contributed by atoms with Crippen LogP contribution in [0.3, 0.4) is 0 Å². The third-order valence-electron chi connectivity index (χ3n) is 2.84. The van der Waals surface area contributed by atoms with Crippen LogP contribution in [0.25, 0.3) is 0 Å². The highest BCUT2D eigenvalue weighted by Gasteiger charge is 2.00. The van der Waals surface area contributed by atoms with Gasteiger partial charge >= 0.3 is 0 Å². The lowest BCUT2D eigenvalue weighted by Crippen LogP contribution is -2.17. The zero-order chi connectivity index (χ0) is 13.5. The molecule has 0 saturated heterocycles. The Morgan fingerprint density at radius 3 is 2.79 bits per heavy atom. The molecular weight excluding hydrogens is 236 g/mol. The van der Waals surface area contributed by atoms with E-state index in [1.807, 2.05) is 31.3 Å². The molecule has 3 heteroatoms. The highest BCUT2D eigenvalue weighted by Crippen LogP contribution is 2.14. The van der Waals surface area contributed by atoms with Gasteiger partial charge in [-0.2, -0.15) is 0 Å². The van der Waals surface area contributed by atoms with Crippen molar-refractivity contribution in [2.24, 2.45) is 5.73 Å². The molecule has 0 spiro atoms. The van der Waals surface area contributed by atoms with Crippen molar-refractivity contribution < 1.29 is 4.74 Å². The van der Waals surface area contributed by atoms with Crippen molar-refractivity contribution in [1.29, 1.82) is 0 Å². The molecule has 1 unspecified atom stereocenters. The molecule has 1 aromatic carbocycles. The number of hydrogen-bond acceptors (Lipinski definition) is 3. The summed E-state index contributed by atoms with van der Waals surface area (Å²) in [5.74, 6) is 0.905. The fourth-order valence-corrected chi connectivity index (χ4v) is 1.97. The predicted molar refractivity (Wildman–Crippen MR) is 77.2 cm³/mol. The van der Waals surface area contributed by atoms with E-state index < -0.39 is 0 Å². The molecule has 2 aromatic rings. The number of hydrogen-bond donors (Lipinski definition) is 1. The first-order valence-electron chi connectivity index (χ1n) is 6.60. The summed E-state index contributed by atoms with van der Waals surface area (Å²) >= 11 is 0. The highest BCUT2D eigenvalue weighted by atomic mass is 16.5. The van der Waals surface area contributed by atoms with E-state index in [0.717, 1.165) is 18.6 Å². The average molecular weight is 256 g/mol. The molecule has 0 amide bonds. The lowest BCUT2D eigenvalue weighted by atomic mass is 10.1. The first-order valence-corrected chi connectivity index (χ1v) is 6.60. The molecule has 0 aliphatic rings. The Bertz CT molecular complexity index is 497. The van der Waals surface area contributed by atoms with Gasteiger partial charge in [0.1, 0.15) is 5.75 Å². The largest absolute Gasteiger partial charge is 0.493 e. The summed E-state index contributed by atoms with van der Waals surface area (Å²) < 4.78 is 5.76. The molecule has 0 aliphatic carbocycles. The second-order valence-corrected chi connectivity index (χ2v) is 4.79. The maximum Gasteiger partial charge on any atom is 0.119 e. The quantitative estimate of drug-likeness (QED) is 0.864. The van der Waals surface area contributed by atoms with Gasteiger partial charge in [0.05, 0.1) is 6.61 Å². The number of pyridine rings is 1.